The normalized spacial score (nSPS) is 14.0. The predicted octanol–water partition coefficient (Wildman–Crippen LogP) is 3.74. The summed E-state index contributed by atoms with van der Waals surface area (Å²) in [5.41, 5.74) is -2.03. The summed E-state index contributed by atoms with van der Waals surface area (Å²) in [6.07, 6.45) is -5.93. The summed E-state index contributed by atoms with van der Waals surface area (Å²) in [6.45, 7) is 6.19. The summed E-state index contributed by atoms with van der Waals surface area (Å²) in [5.74, 6) is -0.418. The highest BCUT2D eigenvalue weighted by atomic mass is 19.4. The Balaban J connectivity index is 3.31. The summed E-state index contributed by atoms with van der Waals surface area (Å²) in [4.78, 5) is 11.9. The molecule has 0 spiro atoms. The van der Waals surface area contributed by atoms with Crippen molar-refractivity contribution in [3.8, 4) is 0 Å². The zero-order chi connectivity index (χ0) is 15.7. The van der Waals surface area contributed by atoms with E-state index in [4.69, 9.17) is 0 Å². The SMILES string of the molecule is CC(O)c1c(NC(=O)C(C)(C)C)cccc1C(F)(F)F. The van der Waals surface area contributed by atoms with E-state index in [-0.39, 0.29) is 11.3 Å². The third-order valence-corrected chi connectivity index (χ3v) is 2.76. The van der Waals surface area contributed by atoms with Crippen LogP contribution < -0.4 is 5.32 Å². The van der Waals surface area contributed by atoms with Crippen molar-refractivity contribution in [1.29, 1.82) is 0 Å². The first-order valence-corrected chi connectivity index (χ1v) is 6.14. The van der Waals surface area contributed by atoms with Crippen LogP contribution in [0.25, 0.3) is 0 Å². The molecule has 0 saturated heterocycles. The van der Waals surface area contributed by atoms with E-state index in [1.165, 1.54) is 19.1 Å². The third kappa shape index (κ3) is 3.72. The lowest BCUT2D eigenvalue weighted by atomic mass is 9.94. The van der Waals surface area contributed by atoms with Crippen molar-refractivity contribution in [1.82, 2.24) is 0 Å². The first-order chi connectivity index (χ1) is 8.94. The number of rotatable bonds is 2. The Hall–Kier alpha value is -1.56. The zero-order valence-electron chi connectivity index (χ0n) is 11.8. The van der Waals surface area contributed by atoms with Crippen molar-refractivity contribution in [3.05, 3.63) is 29.3 Å². The number of anilines is 1. The molecule has 20 heavy (non-hydrogen) atoms. The number of nitrogens with one attached hydrogen (secondary N) is 1. The van der Waals surface area contributed by atoms with Crippen molar-refractivity contribution in [2.24, 2.45) is 5.41 Å². The second-order valence-corrected chi connectivity index (χ2v) is 5.64. The number of aliphatic hydroxyl groups is 1. The average molecular weight is 289 g/mol. The topological polar surface area (TPSA) is 49.3 Å². The van der Waals surface area contributed by atoms with Crippen molar-refractivity contribution in [2.75, 3.05) is 5.32 Å². The van der Waals surface area contributed by atoms with Gasteiger partial charge >= 0.3 is 6.18 Å². The molecule has 0 aliphatic rings. The van der Waals surface area contributed by atoms with Gasteiger partial charge in [0.05, 0.1) is 11.7 Å². The first kappa shape index (κ1) is 16.5. The zero-order valence-corrected chi connectivity index (χ0v) is 11.8. The number of alkyl halides is 3. The molecule has 1 atom stereocenters. The van der Waals surface area contributed by atoms with E-state index in [0.717, 1.165) is 6.07 Å². The Bertz CT molecular complexity index is 502. The Morgan fingerprint density at radius 3 is 2.20 bits per heavy atom. The third-order valence-electron chi connectivity index (χ3n) is 2.76. The number of hydrogen-bond donors (Lipinski definition) is 2. The number of benzene rings is 1. The number of carbonyl (C=O) groups is 1. The van der Waals surface area contributed by atoms with E-state index in [0.29, 0.717) is 0 Å². The van der Waals surface area contributed by atoms with Crippen LogP contribution in [0.15, 0.2) is 18.2 Å². The van der Waals surface area contributed by atoms with E-state index in [9.17, 15) is 23.1 Å². The van der Waals surface area contributed by atoms with Gasteiger partial charge in [-0.2, -0.15) is 13.2 Å². The average Bonchev–Trinajstić information content (AvgIpc) is 2.25. The fourth-order valence-electron chi connectivity index (χ4n) is 1.68. The maximum Gasteiger partial charge on any atom is 0.416 e. The second-order valence-electron chi connectivity index (χ2n) is 5.64. The minimum absolute atomic E-state index is 0.0188. The molecule has 112 valence electrons. The highest BCUT2D eigenvalue weighted by molar-refractivity contribution is 5.95. The lowest BCUT2D eigenvalue weighted by Crippen LogP contribution is -2.28. The predicted molar refractivity (Wildman–Crippen MR) is 70.2 cm³/mol. The summed E-state index contributed by atoms with van der Waals surface area (Å²) >= 11 is 0. The Kier molecular flexibility index (Phi) is 4.49. The van der Waals surface area contributed by atoms with Crippen molar-refractivity contribution in [3.63, 3.8) is 0 Å². The van der Waals surface area contributed by atoms with Crippen LogP contribution in [0, 0.1) is 5.41 Å². The molecular formula is C14H18F3NO2. The summed E-state index contributed by atoms with van der Waals surface area (Å²) in [5, 5.41) is 12.1. The molecule has 1 unspecified atom stereocenters. The quantitative estimate of drug-likeness (QED) is 0.871. The largest absolute Gasteiger partial charge is 0.416 e. The molecule has 0 fully saturated rings. The molecule has 0 aliphatic carbocycles. The van der Waals surface area contributed by atoms with Crippen molar-refractivity contribution >= 4 is 11.6 Å². The molecule has 0 radical (unpaired) electrons. The number of carbonyl (C=O) groups excluding carboxylic acids is 1. The fourth-order valence-corrected chi connectivity index (χ4v) is 1.68. The first-order valence-electron chi connectivity index (χ1n) is 6.14. The van der Waals surface area contributed by atoms with Crippen LogP contribution in [0.3, 0.4) is 0 Å². The summed E-state index contributed by atoms with van der Waals surface area (Å²) in [6, 6.07) is 3.43. The van der Waals surface area contributed by atoms with Crippen LogP contribution in [-0.4, -0.2) is 11.0 Å². The standard InChI is InChI=1S/C14H18F3NO2/c1-8(19)11-9(14(15,16)17)6-5-7-10(11)18-12(20)13(2,3)4/h5-8,19H,1-4H3,(H,18,20). The van der Waals surface area contributed by atoms with Crippen LogP contribution in [0.5, 0.6) is 0 Å². The summed E-state index contributed by atoms with van der Waals surface area (Å²) in [7, 11) is 0. The van der Waals surface area contributed by atoms with Crippen LogP contribution in [-0.2, 0) is 11.0 Å². The van der Waals surface area contributed by atoms with Crippen molar-refractivity contribution in [2.45, 2.75) is 40.0 Å². The summed E-state index contributed by atoms with van der Waals surface area (Å²) < 4.78 is 38.8. The molecule has 1 amide bonds. The fraction of sp³-hybridized carbons (Fsp3) is 0.500. The lowest BCUT2D eigenvalue weighted by molar-refractivity contribution is -0.139. The van der Waals surface area contributed by atoms with Gasteiger partial charge < -0.3 is 10.4 Å². The second kappa shape index (κ2) is 5.44. The Morgan fingerprint density at radius 2 is 1.80 bits per heavy atom. The van der Waals surface area contributed by atoms with E-state index in [1.807, 2.05) is 0 Å². The van der Waals surface area contributed by atoms with E-state index >= 15 is 0 Å². The minimum Gasteiger partial charge on any atom is -0.389 e. The maximum atomic E-state index is 12.9. The van der Waals surface area contributed by atoms with Gasteiger partial charge in [0.15, 0.2) is 0 Å². The Labute approximate surface area is 115 Å². The number of amides is 1. The van der Waals surface area contributed by atoms with Gasteiger partial charge in [-0.15, -0.1) is 0 Å². The molecule has 0 heterocycles. The molecule has 0 aliphatic heterocycles. The molecule has 1 aromatic carbocycles. The van der Waals surface area contributed by atoms with Crippen LogP contribution in [0.1, 0.15) is 44.9 Å². The molecular weight excluding hydrogens is 271 g/mol. The monoisotopic (exact) mass is 289 g/mol. The minimum atomic E-state index is -4.59. The number of aliphatic hydroxyl groups excluding tert-OH is 1. The van der Waals surface area contributed by atoms with Gasteiger partial charge in [-0.3, -0.25) is 4.79 Å². The lowest BCUT2D eigenvalue weighted by Gasteiger charge is -2.22. The van der Waals surface area contributed by atoms with Gasteiger partial charge in [0.2, 0.25) is 5.91 Å². The van der Waals surface area contributed by atoms with Gasteiger partial charge in [-0.05, 0) is 19.1 Å². The van der Waals surface area contributed by atoms with Crippen LogP contribution in [0.2, 0.25) is 0 Å². The Morgan fingerprint density at radius 1 is 1.25 bits per heavy atom. The molecule has 3 nitrogen and oxygen atoms in total. The van der Waals surface area contributed by atoms with Gasteiger partial charge in [0.25, 0.3) is 0 Å². The molecule has 1 aromatic rings. The van der Waals surface area contributed by atoms with Gasteiger partial charge in [-0.1, -0.05) is 26.8 Å². The van der Waals surface area contributed by atoms with Crippen LogP contribution in [0.4, 0.5) is 18.9 Å². The number of halogens is 3. The highest BCUT2D eigenvalue weighted by Gasteiger charge is 2.36. The number of hydrogen-bond acceptors (Lipinski definition) is 2. The van der Waals surface area contributed by atoms with Crippen molar-refractivity contribution < 1.29 is 23.1 Å². The molecule has 1 rings (SSSR count). The van der Waals surface area contributed by atoms with E-state index in [2.05, 4.69) is 5.32 Å². The molecule has 0 saturated carbocycles. The maximum absolute atomic E-state index is 12.9. The van der Waals surface area contributed by atoms with Gasteiger partial charge in [0, 0.05) is 16.7 Å². The van der Waals surface area contributed by atoms with E-state index in [1.54, 1.807) is 20.8 Å². The van der Waals surface area contributed by atoms with Gasteiger partial charge in [0.1, 0.15) is 0 Å². The smallest absolute Gasteiger partial charge is 0.389 e. The molecule has 6 heteroatoms. The highest BCUT2D eigenvalue weighted by Crippen LogP contribution is 2.38. The van der Waals surface area contributed by atoms with E-state index < -0.39 is 29.2 Å². The molecule has 0 aromatic heterocycles. The molecule has 2 N–H and O–H groups in total. The molecule has 0 bridgehead atoms. The van der Waals surface area contributed by atoms with Gasteiger partial charge in [-0.25, -0.2) is 0 Å². The van der Waals surface area contributed by atoms with Crippen LogP contribution >= 0.6 is 0 Å².